The summed E-state index contributed by atoms with van der Waals surface area (Å²) in [5.74, 6) is -2.36. The van der Waals surface area contributed by atoms with Crippen LogP contribution in [0.1, 0.15) is 111 Å². The molecular weight excluding hydrogens is 775 g/mol. The van der Waals surface area contributed by atoms with Gasteiger partial charge in [0.15, 0.2) is 0 Å². The van der Waals surface area contributed by atoms with Gasteiger partial charge in [0.2, 0.25) is 0 Å². The van der Waals surface area contributed by atoms with Crippen molar-refractivity contribution in [2.45, 2.75) is 79.4 Å². The van der Waals surface area contributed by atoms with Crippen LogP contribution in [-0.4, -0.2) is 94.9 Å². The first-order valence-corrected chi connectivity index (χ1v) is 19.0. The molecule has 5 rings (SSSR count). The molecule has 1 radical (unpaired) electrons. The van der Waals surface area contributed by atoms with Crippen molar-refractivity contribution >= 4 is 56.3 Å². The van der Waals surface area contributed by atoms with Crippen molar-refractivity contribution in [1.29, 1.82) is 0 Å². The summed E-state index contributed by atoms with van der Waals surface area (Å²) >= 11 is 0. The first-order chi connectivity index (χ1) is 26.8. The number of nitrogens with one attached hydrogen (secondary N) is 2. The second-order valence-electron chi connectivity index (χ2n) is 14.0. The number of nitrogens with zero attached hydrogens (tertiary/aromatic N) is 2. The number of carboxylic acids is 2. The van der Waals surface area contributed by atoms with Crippen LogP contribution in [0.5, 0.6) is 0 Å². The smallest absolute Gasteiger partial charge is 0.550 e. The van der Waals surface area contributed by atoms with Crippen LogP contribution in [0.2, 0.25) is 0 Å². The Balaban J connectivity index is 0.00000720. The van der Waals surface area contributed by atoms with Crippen LogP contribution in [0.25, 0.3) is 44.4 Å². The van der Waals surface area contributed by atoms with Gasteiger partial charge < -0.3 is 58.9 Å². The number of aliphatic hydroxyl groups is 2. The topological polar surface area (TPSA) is 215 Å². The van der Waals surface area contributed by atoms with E-state index in [1.807, 2.05) is 59.7 Å². The van der Waals surface area contributed by atoms with Crippen LogP contribution in [0.4, 0.5) is 0 Å². The number of carboxylic acid groups (broad SMARTS) is 2. The third-order valence-corrected chi connectivity index (χ3v) is 10.3. The van der Waals surface area contributed by atoms with Crippen LogP contribution < -0.4 is 10.2 Å². The van der Waals surface area contributed by atoms with Gasteiger partial charge in [-0.05, 0) is 125 Å². The molecule has 307 valence electrons. The molecule has 8 bridgehead atoms. The van der Waals surface area contributed by atoms with E-state index in [9.17, 15) is 19.8 Å². The average molecular weight is 828 g/mol. The van der Waals surface area contributed by atoms with Crippen LogP contribution in [0, 0.1) is 13.8 Å². The number of aryl methyl sites for hydroxylation is 2. The molecule has 5 heterocycles. The van der Waals surface area contributed by atoms with Crippen molar-refractivity contribution in [3.8, 4) is 0 Å². The molecule has 0 spiro atoms. The Morgan fingerprint density at radius 3 is 1.44 bits per heavy atom. The molecular formula is C42H52MnN4O10. The molecule has 0 saturated heterocycles. The normalized spacial score (nSPS) is 13.9. The zero-order valence-electron chi connectivity index (χ0n) is 33.4. The number of rotatable bonds is 20. The van der Waals surface area contributed by atoms with Gasteiger partial charge in [0.25, 0.3) is 0 Å². The summed E-state index contributed by atoms with van der Waals surface area (Å²) in [5.41, 5.74) is 12.3. The Morgan fingerprint density at radius 1 is 0.614 bits per heavy atom. The number of carbonyl (C=O) groups is 2. The zero-order chi connectivity index (χ0) is 40.5. The predicted octanol–water partition coefficient (Wildman–Crippen LogP) is 4.02. The molecule has 2 atom stereocenters. The van der Waals surface area contributed by atoms with Gasteiger partial charge in [-0.1, -0.05) is 0 Å². The molecule has 15 heteroatoms. The summed E-state index contributed by atoms with van der Waals surface area (Å²) in [6, 6.07) is 7.73. The van der Waals surface area contributed by atoms with Gasteiger partial charge in [-0.3, -0.25) is 0 Å². The number of H-pyrrole nitrogens is 2. The summed E-state index contributed by atoms with van der Waals surface area (Å²) in [4.78, 5) is 40.6. The van der Waals surface area contributed by atoms with E-state index >= 15 is 0 Å². The van der Waals surface area contributed by atoms with Crippen molar-refractivity contribution in [2.75, 3.05) is 52.9 Å². The fraction of sp³-hybridized carbons (Fsp3) is 0.476. The van der Waals surface area contributed by atoms with E-state index < -0.39 is 11.9 Å². The fourth-order valence-electron chi connectivity index (χ4n) is 7.35. The largest absolute Gasteiger partial charge is 2.00 e. The van der Waals surface area contributed by atoms with Crippen molar-refractivity contribution in [3.63, 3.8) is 0 Å². The fourth-order valence-corrected chi connectivity index (χ4v) is 7.35. The third kappa shape index (κ3) is 11.1. The maximum atomic E-state index is 11.7. The maximum absolute atomic E-state index is 11.7. The number of allylic oxidation sites excluding steroid dienone is 4. The SMILES string of the molecule is CC1=C(CCC(=O)[O-])c2cc3nc(cc4[nH]c(cc5[nH]c(cc1n2)c(C)c5C(C)OCCOCCO)c(C)c4C(C)OCCOCCO)C(C)=C3CCC(=O)[O-].[Mn+2]. The molecule has 3 aromatic heterocycles. The van der Waals surface area contributed by atoms with E-state index in [0.29, 0.717) is 49.2 Å². The summed E-state index contributed by atoms with van der Waals surface area (Å²) in [6.07, 6.45) is -0.788. The van der Waals surface area contributed by atoms with E-state index in [4.69, 9.17) is 39.1 Å². The Labute approximate surface area is 342 Å². The Morgan fingerprint density at radius 2 is 1.02 bits per heavy atom. The molecule has 3 aromatic rings. The van der Waals surface area contributed by atoms with Gasteiger partial charge >= 0.3 is 17.1 Å². The van der Waals surface area contributed by atoms with Gasteiger partial charge in [-0.2, -0.15) is 0 Å². The molecule has 4 N–H and O–H groups in total. The number of aromatic nitrogens is 4. The van der Waals surface area contributed by atoms with Gasteiger partial charge in [0.05, 0.1) is 87.8 Å². The molecule has 0 aliphatic carbocycles. The minimum absolute atomic E-state index is 0. The summed E-state index contributed by atoms with van der Waals surface area (Å²) < 4.78 is 23.4. The van der Waals surface area contributed by atoms with Crippen LogP contribution in [-0.2, 0) is 45.6 Å². The van der Waals surface area contributed by atoms with Crippen LogP contribution in [0.15, 0.2) is 24.3 Å². The van der Waals surface area contributed by atoms with Crippen molar-refractivity contribution < 1.29 is 66.0 Å². The first kappa shape index (κ1) is 45.5. The van der Waals surface area contributed by atoms with Crippen molar-refractivity contribution in [1.82, 2.24) is 19.9 Å². The van der Waals surface area contributed by atoms with Gasteiger partial charge in [0.1, 0.15) is 0 Å². The molecule has 2 aliphatic rings. The van der Waals surface area contributed by atoms with E-state index in [2.05, 4.69) is 9.97 Å². The van der Waals surface area contributed by atoms with Crippen LogP contribution >= 0.6 is 0 Å². The van der Waals surface area contributed by atoms with Crippen molar-refractivity contribution in [2.24, 2.45) is 0 Å². The average Bonchev–Trinajstić information content (AvgIpc) is 3.82. The molecule has 0 saturated carbocycles. The van der Waals surface area contributed by atoms with E-state index in [1.165, 1.54) is 0 Å². The molecule has 0 aromatic carbocycles. The molecule has 57 heavy (non-hydrogen) atoms. The zero-order valence-corrected chi connectivity index (χ0v) is 34.6. The summed E-state index contributed by atoms with van der Waals surface area (Å²) in [5, 5.41) is 41.5. The second kappa shape index (κ2) is 21.0. The Bertz CT molecular complexity index is 2160. The number of ether oxygens (including phenoxy) is 4. The number of carbonyl (C=O) groups excluding carboxylic acids is 2. The number of aliphatic hydroxyl groups excluding tert-OH is 2. The minimum Gasteiger partial charge on any atom is -0.550 e. The molecule has 14 nitrogen and oxygen atoms in total. The van der Waals surface area contributed by atoms with Crippen molar-refractivity contribution in [3.05, 3.63) is 69.3 Å². The number of hydrogen-bond donors (Lipinski definition) is 4. The Hall–Kier alpha value is -4.18. The summed E-state index contributed by atoms with van der Waals surface area (Å²) in [7, 11) is 0. The first-order valence-electron chi connectivity index (χ1n) is 19.0. The van der Waals surface area contributed by atoms with E-state index in [1.54, 1.807) is 6.07 Å². The van der Waals surface area contributed by atoms with E-state index in [-0.39, 0.29) is 81.4 Å². The third-order valence-electron chi connectivity index (χ3n) is 10.3. The number of hydrogen-bond acceptors (Lipinski definition) is 12. The number of aromatic amines is 2. The minimum atomic E-state index is -1.18. The molecule has 2 unspecified atom stereocenters. The molecule has 0 fully saturated rings. The monoisotopic (exact) mass is 827 g/mol. The molecule has 0 amide bonds. The maximum Gasteiger partial charge on any atom is 2.00 e. The quantitative estimate of drug-likeness (QED) is 0.0939. The predicted molar refractivity (Wildman–Crippen MR) is 208 cm³/mol. The van der Waals surface area contributed by atoms with Gasteiger partial charge in [-0.15, -0.1) is 0 Å². The molecule has 2 aliphatic heterocycles. The standard InChI is InChI=1S/C42H54N4O10.Mn/c1-23-29(7-9-39(49)50)35-22-36-30(8-10-40(51)52)24(2)32(44-36)20-37-42(28(6)56-18-16-54-14-12-48)26(4)34(46-37)21-38-41(27(5)55-17-15-53-13-11-47)25(3)33(45-38)19-31(23)43-35;/h19-22,27-28,45-48H,7-18H2,1-6H3,(H,49,50)(H,51,52);/q;+2/p-2. The Kier molecular flexibility index (Phi) is 16.8. The number of fused-ring (bicyclic) bond motifs is 8. The summed E-state index contributed by atoms with van der Waals surface area (Å²) in [6.45, 7) is 13.3. The van der Waals surface area contributed by atoms with Gasteiger partial charge in [0, 0.05) is 45.1 Å². The van der Waals surface area contributed by atoms with E-state index in [0.717, 1.165) is 66.6 Å². The van der Waals surface area contributed by atoms with Crippen LogP contribution in [0.3, 0.4) is 0 Å². The second-order valence-corrected chi connectivity index (χ2v) is 14.0. The van der Waals surface area contributed by atoms with Gasteiger partial charge in [-0.25, -0.2) is 9.97 Å². The number of aliphatic carboxylic acids is 2.